The van der Waals surface area contributed by atoms with Crippen LogP contribution in [0.15, 0.2) is 227 Å². The number of aryl methyl sites for hydroxylation is 10. The van der Waals surface area contributed by atoms with E-state index in [-0.39, 0.29) is 73.0 Å². The van der Waals surface area contributed by atoms with Crippen molar-refractivity contribution in [3.05, 3.63) is 331 Å². The Labute approximate surface area is 722 Å². The summed E-state index contributed by atoms with van der Waals surface area (Å²) in [6.07, 6.45) is 2.79. The van der Waals surface area contributed by atoms with Gasteiger partial charge < -0.3 is 15.6 Å². The lowest BCUT2D eigenvalue weighted by Crippen LogP contribution is -2.26. The predicted molar refractivity (Wildman–Crippen MR) is 488 cm³/mol. The zero-order chi connectivity index (χ0) is 87.4. The number of fused-ring (bicyclic) bond motifs is 5. The van der Waals surface area contributed by atoms with Crippen LogP contribution in [0.3, 0.4) is 0 Å². The summed E-state index contributed by atoms with van der Waals surface area (Å²) in [6, 6.07) is 50.8. The molecule has 0 atom stereocenters. The monoisotopic (exact) mass is 1750 g/mol. The summed E-state index contributed by atoms with van der Waals surface area (Å²) in [6.45, 7) is 19.4. The molecule has 33 heteroatoms. The molecule has 0 aliphatic carbocycles. The topological polar surface area (TPSA) is 362 Å². The zero-order valence-corrected chi connectivity index (χ0v) is 72.8. The van der Waals surface area contributed by atoms with Crippen molar-refractivity contribution in [3.63, 3.8) is 0 Å². The van der Waals surface area contributed by atoms with Crippen LogP contribution in [0.5, 0.6) is 0 Å². The Kier molecular flexibility index (Phi) is 25.4. The molecular formula is C90H78N14O13S6. The molecule has 17 aromatic rings. The van der Waals surface area contributed by atoms with Gasteiger partial charge in [0, 0.05) is 98.2 Å². The van der Waals surface area contributed by atoms with Crippen LogP contribution >= 0.6 is 56.7 Å². The van der Waals surface area contributed by atoms with Crippen LogP contribution in [-0.2, 0) is 27.3 Å². The first-order valence-corrected chi connectivity index (χ1v) is 44.4. The minimum Gasteiger partial charge on any atom is -0.390 e. The molecule has 4 N–H and O–H groups in total. The molecule has 10 aromatic heterocycles. The summed E-state index contributed by atoms with van der Waals surface area (Å²) in [5, 5.41) is 48.7. The number of nitro benzene ring substituents is 1. The number of nitrogens with one attached hydrogen (secondary N) is 2. The molecule has 0 fully saturated rings. The first-order chi connectivity index (χ1) is 59.0. The van der Waals surface area contributed by atoms with E-state index in [0.717, 1.165) is 84.9 Å². The Balaban J connectivity index is 0.000000134. The molecule has 0 aliphatic heterocycles. The summed E-state index contributed by atoms with van der Waals surface area (Å²) in [5.41, 5.74) is 15.0. The van der Waals surface area contributed by atoms with E-state index in [9.17, 15) is 56.9 Å². The normalized spacial score (nSPS) is 11.3. The molecule has 2 amide bonds. The van der Waals surface area contributed by atoms with Crippen molar-refractivity contribution in [2.24, 2.45) is 0 Å². The number of hydrogen-bond donors (Lipinski definition) is 3. The minimum absolute atomic E-state index is 0.0105. The van der Waals surface area contributed by atoms with Gasteiger partial charge in [0.05, 0.1) is 64.8 Å². The number of amides is 2. The lowest BCUT2D eigenvalue weighted by atomic mass is 10.0. The molecule has 0 saturated carbocycles. The summed E-state index contributed by atoms with van der Waals surface area (Å²) in [5.74, 6) is -1.10. The number of thiophene rings is 4. The number of nitrogen functional groups attached to an aromatic ring is 1. The highest BCUT2D eigenvalue weighted by Gasteiger charge is 2.28. The fourth-order valence-corrected chi connectivity index (χ4v) is 18.4. The molecule has 27 nitrogen and oxygen atoms in total. The number of nitrogens with two attached hydrogens (primary N) is 1. The fourth-order valence-electron chi connectivity index (χ4n) is 13.5. The van der Waals surface area contributed by atoms with Gasteiger partial charge in [0.2, 0.25) is 11.6 Å². The lowest BCUT2D eigenvalue weighted by Gasteiger charge is -2.12. The molecule has 7 aromatic carbocycles. The van der Waals surface area contributed by atoms with E-state index >= 15 is 0 Å². The average Bonchev–Trinajstić information content (AvgIpc) is 1.70. The molecule has 123 heavy (non-hydrogen) atoms. The van der Waals surface area contributed by atoms with Gasteiger partial charge in [-0.25, -0.2) is 4.98 Å². The smallest absolute Gasteiger partial charge is 0.297 e. The maximum absolute atomic E-state index is 13.5. The van der Waals surface area contributed by atoms with Crippen LogP contribution in [0.2, 0.25) is 0 Å². The van der Waals surface area contributed by atoms with Crippen molar-refractivity contribution >= 4 is 166 Å². The Bertz CT molecular complexity index is 7360. The van der Waals surface area contributed by atoms with Crippen LogP contribution < -0.4 is 38.6 Å². The fraction of sp³-hybridized carbons (Fsp3) is 0.167. The van der Waals surface area contributed by atoms with Crippen molar-refractivity contribution in [3.8, 4) is 22.7 Å². The number of carbonyl (C=O) groups excluding carboxylic acids is 4. The third-order valence-electron chi connectivity index (χ3n) is 20.0. The Morgan fingerprint density at radius 3 is 1.35 bits per heavy atom. The first-order valence-electron chi connectivity index (χ1n) is 38.5. The molecule has 10 heterocycles. The van der Waals surface area contributed by atoms with Crippen molar-refractivity contribution in [1.82, 2.24) is 48.7 Å². The highest BCUT2D eigenvalue weighted by Crippen LogP contribution is 2.33. The third-order valence-corrected chi connectivity index (χ3v) is 25.6. The van der Waals surface area contributed by atoms with Gasteiger partial charge in [-0.1, -0.05) is 127 Å². The number of hydrogen-bond acceptors (Lipinski definition) is 24. The Morgan fingerprint density at radius 1 is 0.480 bits per heavy atom. The molecule has 17 rings (SSSR count). The molecular weight excluding hydrogens is 1680 g/mol. The van der Waals surface area contributed by atoms with Crippen LogP contribution in [0.25, 0.3) is 76.7 Å². The lowest BCUT2D eigenvalue weighted by molar-refractivity contribution is -0.384. The summed E-state index contributed by atoms with van der Waals surface area (Å²) < 4.78 is 37.0. The van der Waals surface area contributed by atoms with Gasteiger partial charge in [-0.2, -0.15) is 47.5 Å². The summed E-state index contributed by atoms with van der Waals surface area (Å²) >= 11 is 6.77. The summed E-state index contributed by atoms with van der Waals surface area (Å²) in [4.78, 5) is 122. The van der Waals surface area contributed by atoms with Crippen molar-refractivity contribution < 1.29 is 36.7 Å². The van der Waals surface area contributed by atoms with Gasteiger partial charge in [0.15, 0.2) is 16.5 Å². The standard InChI is InChI=1S/C25H23N5O2S.C23H20N2O5S2.C21H20N4O2S2.C21H15N3O4S/c1-3-12-29-19-7-5-4-6-16(19)13-20(29)27-24(31)22-18-14-33-23(26)21(18)25(32)30(28-22)17-10-8-15(2)9-11-17;1-14-4-8-17(9-5-14)25-23(27)21-16(3)31-13-19(21)22(24-25)20(26)12-30-32(28,29)18-10-6-15(2)7-11-18;1-4-5-14-10-29-21(22-14)23-19(26)18-16-11-28-13(3)17(16)20(27)25(24-18)15-8-6-12(2)7-9-15;1-12-3-7-15(8-4-12)23-21(26)18-13(2)29-11-17(18)19(22-23)20(25)14-5-9-16(10-6-14)24(27)28/h4-11,13-14H,3,12,26H2,1-2H3,(H,27,31);4-11,13H,12H2,1-3H3;6-11H,4-5H2,1-3H3,(H,22,23,26);3-11H,1-2H3. The van der Waals surface area contributed by atoms with Crippen LogP contribution in [0.1, 0.15) is 122 Å². The maximum Gasteiger partial charge on any atom is 0.297 e. The highest BCUT2D eigenvalue weighted by molar-refractivity contribution is 7.86. The number of thiazole rings is 1. The number of ketones is 2. The molecule has 0 spiro atoms. The zero-order valence-electron chi connectivity index (χ0n) is 67.9. The Morgan fingerprint density at radius 2 is 0.886 bits per heavy atom. The van der Waals surface area contributed by atoms with E-state index in [0.29, 0.717) is 81.8 Å². The first kappa shape index (κ1) is 85.9. The molecule has 0 unspecified atom stereocenters. The van der Waals surface area contributed by atoms with E-state index < -0.39 is 33.2 Å². The summed E-state index contributed by atoms with van der Waals surface area (Å²) in [7, 11) is -4.12. The van der Waals surface area contributed by atoms with Crippen LogP contribution in [0.4, 0.5) is 21.6 Å². The Hall–Kier alpha value is -13.5. The minimum atomic E-state index is -4.12. The van der Waals surface area contributed by atoms with Crippen molar-refractivity contribution in [2.75, 3.05) is 23.0 Å². The second kappa shape index (κ2) is 36.4. The number of nitrogens with zero attached hydrogens (tertiary/aromatic N) is 11. The van der Waals surface area contributed by atoms with Gasteiger partial charge in [-0.15, -0.1) is 56.7 Å². The van der Waals surface area contributed by atoms with Crippen LogP contribution in [0, 0.1) is 65.5 Å². The number of non-ortho nitro benzene ring substituents is 1. The van der Waals surface area contributed by atoms with E-state index in [2.05, 4.69) is 54.4 Å². The molecule has 0 aliphatic rings. The highest BCUT2D eigenvalue weighted by atomic mass is 32.2. The van der Waals surface area contributed by atoms with Gasteiger partial charge >= 0.3 is 0 Å². The largest absolute Gasteiger partial charge is 0.390 e. The average molecular weight is 1760 g/mol. The van der Waals surface area contributed by atoms with Gasteiger partial charge in [0.25, 0.3) is 49.9 Å². The maximum atomic E-state index is 13.5. The quantitative estimate of drug-likeness (QED) is 0.0276. The van der Waals surface area contributed by atoms with Gasteiger partial charge in [-0.3, -0.25) is 58.0 Å². The van der Waals surface area contributed by atoms with Crippen molar-refractivity contribution in [1.29, 1.82) is 0 Å². The number of nitro groups is 1. The number of carbonyl (C=O) groups is 4. The van der Waals surface area contributed by atoms with Gasteiger partial charge in [0.1, 0.15) is 23.8 Å². The van der Waals surface area contributed by atoms with Gasteiger partial charge in [-0.05, 0) is 153 Å². The number of Topliss-reactive ketones (excluding diaryl/α,β-unsaturated/α-hetero) is 1. The number of rotatable bonds is 20. The SMILES string of the molecule is CCCc1csc(NC(=O)c2nn(-c3ccc(C)cc3)c(=O)c3c(C)scc23)n1.CCCn1c(NC(=O)c2nn(-c3ccc(C)cc3)c(=O)c3c(N)scc23)cc2ccccc21.Cc1ccc(-n2nc(C(=O)COS(=O)(=O)c3ccc(C)cc3)c3csc(C)c3c2=O)cc1.Cc1ccc(-n2nc(C(=O)c3ccc([N+](=O)[O-])cc3)c3csc(C)c3c2=O)cc1. The number of benzene rings is 7. The second-order valence-corrected chi connectivity index (χ2v) is 35.5. The molecule has 0 saturated heterocycles. The van der Waals surface area contributed by atoms with E-state index in [1.165, 1.54) is 112 Å². The van der Waals surface area contributed by atoms with E-state index in [1.54, 1.807) is 71.6 Å². The predicted octanol–water partition coefficient (Wildman–Crippen LogP) is 17.8. The second-order valence-electron chi connectivity index (χ2n) is 28.9. The van der Waals surface area contributed by atoms with E-state index in [4.69, 9.17) is 9.92 Å². The molecule has 0 bridgehead atoms. The number of aromatic nitrogens is 10. The third kappa shape index (κ3) is 18.1. The number of anilines is 3. The van der Waals surface area contributed by atoms with E-state index in [1.807, 2.05) is 150 Å². The van der Waals surface area contributed by atoms with Crippen LogP contribution in [-0.4, -0.2) is 92.0 Å². The van der Waals surface area contributed by atoms with Crippen molar-refractivity contribution in [2.45, 2.75) is 99.9 Å². The number of para-hydroxylation sites is 1. The molecule has 622 valence electrons. The molecule has 0 radical (unpaired) electrons.